The first kappa shape index (κ1) is 18.9. The van der Waals surface area contributed by atoms with E-state index in [2.05, 4.69) is 10.3 Å². The number of nitrogens with zero attached hydrogens (tertiary/aromatic N) is 3. The Morgan fingerprint density at radius 2 is 2.21 bits per heavy atom. The van der Waals surface area contributed by atoms with E-state index in [-0.39, 0.29) is 25.6 Å². The van der Waals surface area contributed by atoms with E-state index in [1.807, 2.05) is 0 Å². The average molecular weight is 398 g/mol. The molecule has 1 saturated heterocycles. The molecule has 3 aromatic rings. The van der Waals surface area contributed by atoms with Crippen molar-refractivity contribution in [3.63, 3.8) is 0 Å². The van der Waals surface area contributed by atoms with Gasteiger partial charge in [0.1, 0.15) is 17.6 Å². The number of hydrogen-bond donors (Lipinski definition) is 2. The van der Waals surface area contributed by atoms with E-state index in [4.69, 9.17) is 4.74 Å². The van der Waals surface area contributed by atoms with Crippen molar-refractivity contribution in [1.29, 1.82) is 0 Å². The number of anilines is 1. The number of aromatic nitrogens is 2. The summed E-state index contributed by atoms with van der Waals surface area (Å²) < 4.78 is 21.8. The summed E-state index contributed by atoms with van der Waals surface area (Å²) >= 11 is 0. The standard InChI is InChI=1S/C20H19FN4O4/c1-12(27)22-9-16-10-25(20(28)29-16)14-2-3-17(18(21)7-14)13-4-5-24-15(11-26)8-23-19(24)6-13/h2-8,16,26H,9-11H2,1H3,(H,22,27)/t16-/m1/s1. The van der Waals surface area contributed by atoms with Crippen molar-refractivity contribution in [3.05, 3.63) is 54.2 Å². The maximum atomic E-state index is 14.8. The molecule has 0 radical (unpaired) electrons. The number of ether oxygens (including phenoxy) is 1. The normalized spacial score (nSPS) is 16.3. The molecule has 3 heterocycles. The predicted octanol–water partition coefficient (Wildman–Crippen LogP) is 2.09. The number of nitrogens with one attached hydrogen (secondary N) is 1. The van der Waals surface area contributed by atoms with Crippen molar-refractivity contribution in [2.75, 3.05) is 18.0 Å². The van der Waals surface area contributed by atoms with E-state index in [0.717, 1.165) is 0 Å². The van der Waals surface area contributed by atoms with Gasteiger partial charge in [-0.1, -0.05) is 0 Å². The summed E-state index contributed by atoms with van der Waals surface area (Å²) in [6.07, 6.45) is 2.22. The van der Waals surface area contributed by atoms with Crippen molar-refractivity contribution >= 4 is 23.3 Å². The molecule has 0 unspecified atom stereocenters. The molecule has 2 N–H and O–H groups in total. The SMILES string of the molecule is CC(=O)NC[C@@H]1CN(c2ccc(-c3ccn4c(CO)cnc4c3)c(F)c2)C(=O)O1. The highest BCUT2D eigenvalue weighted by Gasteiger charge is 2.32. The van der Waals surface area contributed by atoms with Crippen LogP contribution in [0.3, 0.4) is 0 Å². The number of cyclic esters (lactones) is 1. The number of amides is 2. The highest BCUT2D eigenvalue weighted by Crippen LogP contribution is 2.29. The van der Waals surface area contributed by atoms with Gasteiger partial charge in [0.15, 0.2) is 0 Å². The summed E-state index contributed by atoms with van der Waals surface area (Å²) in [5.74, 6) is -0.700. The van der Waals surface area contributed by atoms with Gasteiger partial charge in [-0.25, -0.2) is 14.2 Å². The molecular formula is C20H19FN4O4. The lowest BCUT2D eigenvalue weighted by molar-refractivity contribution is -0.119. The Bertz CT molecular complexity index is 1100. The lowest BCUT2D eigenvalue weighted by Crippen LogP contribution is -2.33. The molecule has 1 atom stereocenters. The molecule has 29 heavy (non-hydrogen) atoms. The van der Waals surface area contributed by atoms with Gasteiger partial charge >= 0.3 is 6.09 Å². The van der Waals surface area contributed by atoms with E-state index < -0.39 is 18.0 Å². The molecule has 2 aromatic heterocycles. The van der Waals surface area contributed by atoms with Crippen LogP contribution in [0.25, 0.3) is 16.8 Å². The van der Waals surface area contributed by atoms with Gasteiger partial charge in [-0.3, -0.25) is 9.69 Å². The Morgan fingerprint density at radius 1 is 1.38 bits per heavy atom. The number of carbonyl (C=O) groups excluding carboxylic acids is 2. The molecule has 0 spiro atoms. The zero-order valence-corrected chi connectivity index (χ0v) is 15.6. The predicted molar refractivity (Wildman–Crippen MR) is 103 cm³/mol. The van der Waals surface area contributed by atoms with Crippen molar-refractivity contribution in [1.82, 2.24) is 14.7 Å². The molecule has 1 aliphatic heterocycles. The Hall–Kier alpha value is -3.46. The largest absolute Gasteiger partial charge is 0.442 e. The van der Waals surface area contributed by atoms with E-state index >= 15 is 0 Å². The molecule has 1 aliphatic rings. The molecule has 9 heteroatoms. The minimum atomic E-state index is -0.581. The number of halogens is 1. The third-order valence-electron chi connectivity index (χ3n) is 4.78. The first-order valence-electron chi connectivity index (χ1n) is 9.05. The van der Waals surface area contributed by atoms with E-state index in [0.29, 0.717) is 28.2 Å². The fourth-order valence-corrected chi connectivity index (χ4v) is 3.32. The summed E-state index contributed by atoms with van der Waals surface area (Å²) in [6, 6.07) is 7.99. The van der Waals surface area contributed by atoms with Crippen molar-refractivity contribution in [2.45, 2.75) is 19.6 Å². The van der Waals surface area contributed by atoms with Gasteiger partial charge in [-0.05, 0) is 35.9 Å². The zero-order chi connectivity index (χ0) is 20.5. The third-order valence-corrected chi connectivity index (χ3v) is 4.78. The highest BCUT2D eigenvalue weighted by molar-refractivity contribution is 5.90. The molecule has 150 valence electrons. The first-order valence-corrected chi connectivity index (χ1v) is 9.05. The maximum Gasteiger partial charge on any atom is 0.414 e. The van der Waals surface area contributed by atoms with Crippen LogP contribution in [0.4, 0.5) is 14.9 Å². The molecule has 0 aliphatic carbocycles. The molecule has 4 rings (SSSR count). The maximum absolute atomic E-state index is 14.8. The lowest BCUT2D eigenvalue weighted by atomic mass is 10.1. The Labute approximate surface area is 165 Å². The smallest absolute Gasteiger partial charge is 0.414 e. The molecule has 8 nitrogen and oxygen atoms in total. The van der Waals surface area contributed by atoms with Crippen LogP contribution in [-0.2, 0) is 16.1 Å². The fraction of sp³-hybridized carbons (Fsp3) is 0.250. The summed E-state index contributed by atoms with van der Waals surface area (Å²) in [4.78, 5) is 28.7. The third kappa shape index (κ3) is 3.64. The van der Waals surface area contributed by atoms with Crippen molar-refractivity contribution < 1.29 is 23.8 Å². The number of pyridine rings is 1. The van der Waals surface area contributed by atoms with Gasteiger partial charge in [0.05, 0.1) is 37.3 Å². The minimum Gasteiger partial charge on any atom is -0.442 e. The second-order valence-electron chi connectivity index (χ2n) is 6.77. The molecule has 0 saturated carbocycles. The van der Waals surface area contributed by atoms with Crippen LogP contribution in [-0.4, -0.2) is 45.7 Å². The number of rotatable bonds is 5. The number of carbonyl (C=O) groups is 2. The second kappa shape index (κ2) is 7.51. The number of aliphatic hydroxyl groups excluding tert-OH is 1. The van der Waals surface area contributed by atoms with Crippen molar-refractivity contribution in [2.24, 2.45) is 0 Å². The summed E-state index contributed by atoms with van der Waals surface area (Å²) in [5.41, 5.74) is 2.62. The van der Waals surface area contributed by atoms with E-state index in [1.165, 1.54) is 17.9 Å². The molecule has 1 aromatic carbocycles. The van der Waals surface area contributed by atoms with Gasteiger partial charge in [0.2, 0.25) is 5.91 Å². The van der Waals surface area contributed by atoms with Gasteiger partial charge in [0.25, 0.3) is 0 Å². The number of imidazole rings is 1. The molecular weight excluding hydrogens is 379 g/mol. The molecule has 2 amide bonds. The quantitative estimate of drug-likeness (QED) is 0.686. The number of fused-ring (bicyclic) bond motifs is 1. The van der Waals surface area contributed by atoms with E-state index in [1.54, 1.807) is 41.1 Å². The van der Waals surface area contributed by atoms with Gasteiger partial charge in [-0.2, -0.15) is 0 Å². The lowest BCUT2D eigenvalue weighted by Gasteiger charge is -2.14. The van der Waals surface area contributed by atoms with Crippen LogP contribution >= 0.6 is 0 Å². The minimum absolute atomic E-state index is 0.140. The van der Waals surface area contributed by atoms with Crippen LogP contribution in [0.15, 0.2) is 42.7 Å². The van der Waals surface area contributed by atoms with Gasteiger partial charge < -0.3 is 19.6 Å². The number of hydrogen-bond acceptors (Lipinski definition) is 5. The van der Waals surface area contributed by atoms with Crippen LogP contribution in [0.1, 0.15) is 12.6 Å². The van der Waals surface area contributed by atoms with E-state index in [9.17, 15) is 19.1 Å². The van der Waals surface area contributed by atoms with Crippen LogP contribution in [0.2, 0.25) is 0 Å². The Morgan fingerprint density at radius 3 is 2.93 bits per heavy atom. The zero-order valence-electron chi connectivity index (χ0n) is 15.6. The Balaban J connectivity index is 1.57. The summed E-state index contributed by atoms with van der Waals surface area (Å²) in [7, 11) is 0. The van der Waals surface area contributed by atoms with Crippen LogP contribution < -0.4 is 10.2 Å². The monoisotopic (exact) mass is 398 g/mol. The first-order chi connectivity index (χ1) is 14.0. The second-order valence-corrected chi connectivity index (χ2v) is 6.77. The topological polar surface area (TPSA) is 96.2 Å². The number of aliphatic hydroxyl groups is 1. The molecule has 0 bridgehead atoms. The van der Waals surface area contributed by atoms with Gasteiger partial charge in [-0.15, -0.1) is 0 Å². The van der Waals surface area contributed by atoms with Crippen LogP contribution in [0, 0.1) is 5.82 Å². The average Bonchev–Trinajstić information content (AvgIpc) is 3.28. The fourth-order valence-electron chi connectivity index (χ4n) is 3.32. The Kier molecular flexibility index (Phi) is 4.89. The number of benzene rings is 1. The summed E-state index contributed by atoms with van der Waals surface area (Å²) in [6.45, 7) is 1.67. The van der Waals surface area contributed by atoms with Crippen molar-refractivity contribution in [3.8, 4) is 11.1 Å². The van der Waals surface area contributed by atoms with Crippen LogP contribution in [0.5, 0.6) is 0 Å². The summed E-state index contributed by atoms with van der Waals surface area (Å²) in [5, 5.41) is 11.9. The van der Waals surface area contributed by atoms with Gasteiger partial charge in [0, 0.05) is 18.7 Å². The molecule has 1 fully saturated rings. The highest BCUT2D eigenvalue weighted by atomic mass is 19.1.